The first kappa shape index (κ1) is 23.8. The van der Waals surface area contributed by atoms with Gasteiger partial charge in [-0.25, -0.2) is 9.79 Å². The number of allylic oxidation sites excluding steroid dienone is 1. The van der Waals surface area contributed by atoms with Gasteiger partial charge in [-0.2, -0.15) is 0 Å². The second-order valence-electron chi connectivity index (χ2n) is 7.91. The van der Waals surface area contributed by atoms with Gasteiger partial charge in [0.05, 0.1) is 37.3 Å². The number of rotatable bonds is 5. The van der Waals surface area contributed by atoms with Crippen LogP contribution in [0, 0.1) is 10.1 Å². The van der Waals surface area contributed by atoms with E-state index < -0.39 is 16.9 Å². The number of benzene rings is 2. The number of nitrogens with zero attached hydrogens (tertiary/aromatic N) is 3. The van der Waals surface area contributed by atoms with E-state index in [1.54, 1.807) is 39.0 Å². The van der Waals surface area contributed by atoms with Gasteiger partial charge in [-0.05, 0) is 60.0 Å². The summed E-state index contributed by atoms with van der Waals surface area (Å²) in [4.78, 5) is 42.4. The van der Waals surface area contributed by atoms with Crippen LogP contribution in [0.3, 0.4) is 0 Å². The maximum absolute atomic E-state index is 13.5. The third kappa shape index (κ3) is 4.51. The highest BCUT2D eigenvalue weighted by Crippen LogP contribution is 2.31. The maximum Gasteiger partial charge on any atom is 0.338 e. The summed E-state index contributed by atoms with van der Waals surface area (Å²) in [6.45, 7) is 5.25. The molecule has 0 bridgehead atoms. The molecule has 4 rings (SSSR count). The smallest absolute Gasteiger partial charge is 0.338 e. The van der Waals surface area contributed by atoms with Crippen LogP contribution in [0.4, 0.5) is 5.69 Å². The summed E-state index contributed by atoms with van der Waals surface area (Å²) in [7, 11) is 0. The van der Waals surface area contributed by atoms with Crippen LogP contribution >= 0.6 is 27.3 Å². The number of thiazole rings is 1. The number of hydrogen-bond donors (Lipinski definition) is 0. The molecule has 2 aromatic carbocycles. The van der Waals surface area contributed by atoms with E-state index in [0.29, 0.717) is 30.6 Å². The number of nitro groups is 1. The van der Waals surface area contributed by atoms with Gasteiger partial charge in [0.25, 0.3) is 11.2 Å². The Bertz CT molecular complexity index is 1510. The van der Waals surface area contributed by atoms with Crippen LogP contribution in [-0.2, 0) is 9.53 Å². The minimum absolute atomic E-state index is 0.0988. The average molecular weight is 542 g/mol. The minimum Gasteiger partial charge on any atom is -0.459 e. The Balaban J connectivity index is 1.93. The molecule has 1 aliphatic heterocycles. The number of carbonyl (C=O) groups excluding carboxylic acids is 1. The van der Waals surface area contributed by atoms with Gasteiger partial charge < -0.3 is 4.74 Å². The number of carbonyl (C=O) groups is 1. The van der Waals surface area contributed by atoms with Gasteiger partial charge in [-0.15, -0.1) is 0 Å². The van der Waals surface area contributed by atoms with Crippen molar-refractivity contribution in [1.29, 1.82) is 0 Å². The molecular formula is C24H20BrN3O5S. The van der Waals surface area contributed by atoms with E-state index in [9.17, 15) is 19.7 Å². The van der Waals surface area contributed by atoms with Gasteiger partial charge in [0.2, 0.25) is 0 Å². The zero-order chi connectivity index (χ0) is 24.6. The Kier molecular flexibility index (Phi) is 6.63. The van der Waals surface area contributed by atoms with Gasteiger partial charge in [0, 0.05) is 6.07 Å². The first-order valence-electron chi connectivity index (χ1n) is 10.4. The van der Waals surface area contributed by atoms with Gasteiger partial charge in [0.1, 0.15) is 0 Å². The van der Waals surface area contributed by atoms with Crippen molar-refractivity contribution in [3.05, 3.63) is 105 Å². The zero-order valence-corrected chi connectivity index (χ0v) is 20.9. The standard InChI is InChI=1S/C24H20BrN3O5S/c1-13(2)33-23(30)20-14(3)26-24-27(21(20)16-7-5-4-6-8-16)22(29)19(34-24)12-15-9-10-17(25)18(11-15)28(31)32/h4-13,21H,1-3H3. The molecule has 8 nitrogen and oxygen atoms in total. The molecule has 1 aromatic heterocycles. The largest absolute Gasteiger partial charge is 0.459 e. The van der Waals surface area contributed by atoms with Gasteiger partial charge >= 0.3 is 5.97 Å². The first-order chi connectivity index (χ1) is 16.2. The molecule has 34 heavy (non-hydrogen) atoms. The molecule has 0 radical (unpaired) electrons. The van der Waals surface area contributed by atoms with Crippen LogP contribution in [0.25, 0.3) is 6.08 Å². The van der Waals surface area contributed by atoms with E-state index in [0.717, 1.165) is 5.56 Å². The van der Waals surface area contributed by atoms with E-state index in [4.69, 9.17) is 4.74 Å². The highest BCUT2D eigenvalue weighted by molar-refractivity contribution is 9.10. The second kappa shape index (κ2) is 9.47. The van der Waals surface area contributed by atoms with Crippen molar-refractivity contribution in [3.63, 3.8) is 0 Å². The monoisotopic (exact) mass is 541 g/mol. The van der Waals surface area contributed by atoms with Gasteiger partial charge in [-0.1, -0.05) is 47.7 Å². The molecule has 10 heteroatoms. The van der Waals surface area contributed by atoms with Crippen LogP contribution in [0.2, 0.25) is 0 Å². The number of hydrogen-bond acceptors (Lipinski definition) is 7. The van der Waals surface area contributed by atoms with Crippen molar-refractivity contribution in [2.24, 2.45) is 4.99 Å². The van der Waals surface area contributed by atoms with Gasteiger partial charge in [-0.3, -0.25) is 19.5 Å². The van der Waals surface area contributed by atoms with E-state index in [1.165, 1.54) is 22.0 Å². The molecule has 3 aromatic rings. The predicted molar refractivity (Wildman–Crippen MR) is 132 cm³/mol. The van der Waals surface area contributed by atoms with Crippen molar-refractivity contribution in [2.45, 2.75) is 32.9 Å². The van der Waals surface area contributed by atoms with Crippen LogP contribution in [0.5, 0.6) is 0 Å². The number of fused-ring (bicyclic) bond motifs is 1. The lowest BCUT2D eigenvalue weighted by atomic mass is 9.96. The topological polar surface area (TPSA) is 104 Å². The Labute approximate surface area is 206 Å². The molecule has 0 aliphatic carbocycles. The SMILES string of the molecule is CC1=C(C(=O)OC(C)C)C(c2ccccc2)n2c(sc(=Cc3ccc(Br)c([N+](=O)[O-])c3)c2=O)=N1. The van der Waals surface area contributed by atoms with Crippen molar-refractivity contribution < 1.29 is 14.5 Å². The summed E-state index contributed by atoms with van der Waals surface area (Å²) in [5.74, 6) is -0.525. The molecular weight excluding hydrogens is 522 g/mol. The number of halogens is 1. The van der Waals surface area contributed by atoms with Crippen LogP contribution in [0.1, 0.15) is 37.9 Å². The van der Waals surface area contributed by atoms with Crippen molar-refractivity contribution >= 4 is 45.0 Å². The summed E-state index contributed by atoms with van der Waals surface area (Å²) in [6, 6.07) is 13.2. The molecule has 1 atom stereocenters. The van der Waals surface area contributed by atoms with E-state index in [2.05, 4.69) is 20.9 Å². The lowest BCUT2D eigenvalue weighted by molar-refractivity contribution is -0.385. The summed E-state index contributed by atoms with van der Waals surface area (Å²) in [5, 5.41) is 11.3. The minimum atomic E-state index is -0.704. The highest BCUT2D eigenvalue weighted by atomic mass is 79.9. The van der Waals surface area contributed by atoms with E-state index >= 15 is 0 Å². The van der Waals surface area contributed by atoms with Crippen LogP contribution in [0.15, 0.2) is 74.1 Å². The Morgan fingerprint density at radius 3 is 2.62 bits per heavy atom. The van der Waals surface area contributed by atoms with E-state index in [-0.39, 0.29) is 17.4 Å². The predicted octanol–water partition coefficient (Wildman–Crippen LogP) is 3.86. The molecule has 0 N–H and O–H groups in total. The maximum atomic E-state index is 13.5. The molecule has 1 aliphatic rings. The second-order valence-corrected chi connectivity index (χ2v) is 9.78. The third-order valence-electron chi connectivity index (χ3n) is 5.16. The van der Waals surface area contributed by atoms with Gasteiger partial charge in [0.15, 0.2) is 4.80 Å². The fourth-order valence-corrected chi connectivity index (χ4v) is 5.16. The lowest BCUT2D eigenvalue weighted by Gasteiger charge is -2.25. The Hall–Kier alpha value is -3.37. The normalized spacial score (nSPS) is 15.8. The highest BCUT2D eigenvalue weighted by Gasteiger charge is 2.33. The molecule has 174 valence electrons. The third-order valence-corrected chi connectivity index (χ3v) is 6.82. The number of ether oxygens (including phenoxy) is 1. The Morgan fingerprint density at radius 1 is 1.26 bits per heavy atom. The van der Waals surface area contributed by atoms with E-state index in [1.807, 2.05) is 30.3 Å². The summed E-state index contributed by atoms with van der Waals surface area (Å²) in [5.41, 5.74) is 1.60. The molecule has 0 saturated carbocycles. The molecule has 1 unspecified atom stereocenters. The average Bonchev–Trinajstić information content (AvgIpc) is 3.08. The number of esters is 1. The molecule has 0 fully saturated rings. The number of aromatic nitrogens is 1. The van der Waals surface area contributed by atoms with Crippen LogP contribution in [-0.4, -0.2) is 21.6 Å². The van der Waals surface area contributed by atoms with Crippen molar-refractivity contribution in [2.75, 3.05) is 0 Å². The lowest BCUT2D eigenvalue weighted by Crippen LogP contribution is -2.40. The molecule has 0 saturated heterocycles. The summed E-state index contributed by atoms with van der Waals surface area (Å²) >= 11 is 4.34. The quantitative estimate of drug-likeness (QED) is 0.277. The summed E-state index contributed by atoms with van der Waals surface area (Å²) < 4.78 is 7.66. The molecule has 0 spiro atoms. The fraction of sp³-hybridized carbons (Fsp3) is 0.208. The molecule has 2 heterocycles. The van der Waals surface area contributed by atoms with Crippen molar-refractivity contribution in [1.82, 2.24) is 4.57 Å². The fourth-order valence-electron chi connectivity index (χ4n) is 3.72. The van der Waals surface area contributed by atoms with Crippen LogP contribution < -0.4 is 14.9 Å². The number of nitro benzene ring substituents is 1. The zero-order valence-electron chi connectivity index (χ0n) is 18.5. The Morgan fingerprint density at radius 2 is 1.97 bits per heavy atom. The summed E-state index contributed by atoms with van der Waals surface area (Å²) in [6.07, 6.45) is 1.26. The first-order valence-corrected chi connectivity index (χ1v) is 12.0. The molecule has 0 amide bonds. The van der Waals surface area contributed by atoms with Crippen molar-refractivity contribution in [3.8, 4) is 0 Å².